The first-order valence-corrected chi connectivity index (χ1v) is 9.78. The van der Waals surface area contributed by atoms with Crippen molar-refractivity contribution in [2.75, 3.05) is 4.90 Å². The number of rotatable bonds is 6. The highest BCUT2D eigenvalue weighted by Gasteiger charge is 2.13. The van der Waals surface area contributed by atoms with E-state index in [4.69, 9.17) is 0 Å². The second-order valence-corrected chi connectivity index (χ2v) is 7.72. The summed E-state index contributed by atoms with van der Waals surface area (Å²) in [6, 6.07) is 24.8. The van der Waals surface area contributed by atoms with Crippen molar-refractivity contribution >= 4 is 15.8 Å². The predicted molar refractivity (Wildman–Crippen MR) is 104 cm³/mol. The summed E-state index contributed by atoms with van der Waals surface area (Å²) in [4.78, 5) is 2.10. The van der Waals surface area contributed by atoms with E-state index < -0.39 is 10.1 Å². The predicted octanol–water partition coefficient (Wildman–Crippen LogP) is 4.45. The molecule has 0 aliphatic rings. The lowest BCUT2D eigenvalue weighted by molar-refractivity contribution is 0.483. The maximum absolute atomic E-state index is 11.4. The lowest BCUT2D eigenvalue weighted by Crippen LogP contribution is -2.22. The third kappa shape index (κ3) is 4.71. The van der Waals surface area contributed by atoms with Gasteiger partial charge in [0, 0.05) is 18.8 Å². The molecule has 134 valence electrons. The molecule has 0 fully saturated rings. The summed E-state index contributed by atoms with van der Waals surface area (Å²) in [7, 11) is -4.21. The molecule has 3 rings (SSSR count). The molecule has 5 heteroatoms. The van der Waals surface area contributed by atoms with Crippen LogP contribution in [0.2, 0.25) is 0 Å². The zero-order chi connectivity index (χ0) is 18.6. The van der Waals surface area contributed by atoms with Crippen LogP contribution in [-0.2, 0) is 23.2 Å². The molecule has 0 unspecified atom stereocenters. The van der Waals surface area contributed by atoms with Gasteiger partial charge < -0.3 is 4.90 Å². The van der Waals surface area contributed by atoms with Gasteiger partial charge in [-0.2, -0.15) is 8.42 Å². The van der Waals surface area contributed by atoms with Crippen LogP contribution in [0.15, 0.2) is 83.8 Å². The summed E-state index contributed by atoms with van der Waals surface area (Å²) in [5.74, 6) is 0. The molecule has 0 saturated carbocycles. The van der Waals surface area contributed by atoms with Gasteiger partial charge in [0.25, 0.3) is 10.1 Å². The van der Waals surface area contributed by atoms with Crippen molar-refractivity contribution < 1.29 is 13.0 Å². The van der Waals surface area contributed by atoms with E-state index in [1.54, 1.807) is 6.07 Å². The monoisotopic (exact) mass is 367 g/mol. The Morgan fingerprint density at radius 1 is 0.808 bits per heavy atom. The Morgan fingerprint density at radius 3 is 2.15 bits per heavy atom. The topological polar surface area (TPSA) is 57.6 Å². The fourth-order valence-electron chi connectivity index (χ4n) is 2.89. The van der Waals surface area contributed by atoms with E-state index in [-0.39, 0.29) is 4.90 Å². The van der Waals surface area contributed by atoms with Gasteiger partial charge in [-0.3, -0.25) is 4.55 Å². The van der Waals surface area contributed by atoms with Gasteiger partial charge in [-0.1, -0.05) is 54.6 Å². The molecule has 0 heterocycles. The standard InChI is InChI=1S/C21H21NO3S/c1-17-7-5-11-20(13-17)22(15-18-8-3-2-4-9-18)16-19-10-6-12-21(14-19)26(23,24)25/h2-14H,15-16H2,1H3,(H,23,24,25). The zero-order valence-corrected chi connectivity index (χ0v) is 15.4. The number of hydrogen-bond donors (Lipinski definition) is 1. The number of anilines is 1. The molecule has 0 aliphatic carbocycles. The Hall–Kier alpha value is -2.63. The largest absolute Gasteiger partial charge is 0.363 e. The molecule has 4 nitrogen and oxygen atoms in total. The van der Waals surface area contributed by atoms with E-state index in [1.165, 1.54) is 17.7 Å². The third-order valence-corrected chi connectivity index (χ3v) is 5.00. The van der Waals surface area contributed by atoms with E-state index >= 15 is 0 Å². The molecule has 3 aromatic carbocycles. The van der Waals surface area contributed by atoms with Crippen LogP contribution in [-0.4, -0.2) is 13.0 Å². The quantitative estimate of drug-likeness (QED) is 0.654. The first-order valence-electron chi connectivity index (χ1n) is 8.34. The molecular formula is C21H21NO3S. The van der Waals surface area contributed by atoms with E-state index in [1.807, 2.05) is 49.4 Å². The maximum atomic E-state index is 11.4. The molecular weight excluding hydrogens is 346 g/mol. The fourth-order valence-corrected chi connectivity index (χ4v) is 3.44. The van der Waals surface area contributed by atoms with Gasteiger partial charge in [-0.15, -0.1) is 0 Å². The van der Waals surface area contributed by atoms with Crippen LogP contribution >= 0.6 is 0 Å². The Labute approximate surface area is 154 Å². The van der Waals surface area contributed by atoms with Crippen LogP contribution in [0, 0.1) is 6.92 Å². The van der Waals surface area contributed by atoms with Crippen LogP contribution in [0.25, 0.3) is 0 Å². The number of hydrogen-bond acceptors (Lipinski definition) is 3. The number of benzene rings is 3. The highest BCUT2D eigenvalue weighted by Crippen LogP contribution is 2.22. The van der Waals surface area contributed by atoms with Crippen LogP contribution in [0.1, 0.15) is 16.7 Å². The van der Waals surface area contributed by atoms with Crippen molar-refractivity contribution in [3.63, 3.8) is 0 Å². The first kappa shape index (κ1) is 18.2. The molecule has 1 N–H and O–H groups in total. The van der Waals surface area contributed by atoms with Crippen molar-refractivity contribution in [2.24, 2.45) is 0 Å². The summed E-state index contributed by atoms with van der Waals surface area (Å²) < 4.78 is 32.1. The van der Waals surface area contributed by atoms with Gasteiger partial charge in [-0.25, -0.2) is 0 Å². The van der Waals surface area contributed by atoms with Gasteiger partial charge in [0.1, 0.15) is 0 Å². The average Bonchev–Trinajstić information content (AvgIpc) is 2.62. The van der Waals surface area contributed by atoms with Gasteiger partial charge in [0.15, 0.2) is 0 Å². The molecule has 0 atom stereocenters. The summed E-state index contributed by atoms with van der Waals surface area (Å²) >= 11 is 0. The molecule has 0 radical (unpaired) electrons. The average molecular weight is 367 g/mol. The van der Waals surface area contributed by atoms with E-state index in [0.717, 1.165) is 16.8 Å². The minimum atomic E-state index is -4.21. The lowest BCUT2D eigenvalue weighted by Gasteiger charge is -2.26. The molecule has 0 bridgehead atoms. The van der Waals surface area contributed by atoms with E-state index in [2.05, 4.69) is 23.1 Å². The van der Waals surface area contributed by atoms with Crippen molar-refractivity contribution in [2.45, 2.75) is 24.9 Å². The van der Waals surface area contributed by atoms with Crippen LogP contribution < -0.4 is 4.90 Å². The summed E-state index contributed by atoms with van der Waals surface area (Å²) in [5.41, 5.74) is 4.20. The zero-order valence-electron chi connectivity index (χ0n) is 14.5. The van der Waals surface area contributed by atoms with Crippen molar-refractivity contribution in [1.82, 2.24) is 0 Å². The van der Waals surface area contributed by atoms with E-state index in [9.17, 15) is 13.0 Å². The number of aryl methyl sites for hydroxylation is 1. The van der Waals surface area contributed by atoms with Gasteiger partial charge in [0.2, 0.25) is 0 Å². The lowest BCUT2D eigenvalue weighted by atomic mass is 10.1. The van der Waals surface area contributed by atoms with E-state index in [0.29, 0.717) is 13.1 Å². The van der Waals surface area contributed by atoms with Crippen molar-refractivity contribution in [3.05, 3.63) is 95.6 Å². The Bertz CT molecular complexity index is 985. The minimum absolute atomic E-state index is 0.0843. The Balaban J connectivity index is 1.93. The highest BCUT2D eigenvalue weighted by molar-refractivity contribution is 7.85. The van der Waals surface area contributed by atoms with Crippen LogP contribution in [0.5, 0.6) is 0 Å². The molecule has 0 amide bonds. The molecule has 0 aromatic heterocycles. The van der Waals surface area contributed by atoms with Crippen LogP contribution in [0.4, 0.5) is 5.69 Å². The Morgan fingerprint density at radius 2 is 1.46 bits per heavy atom. The Kier molecular flexibility index (Phi) is 5.40. The molecule has 0 aliphatic heterocycles. The highest BCUT2D eigenvalue weighted by atomic mass is 32.2. The van der Waals surface area contributed by atoms with Gasteiger partial charge in [-0.05, 0) is 47.9 Å². The fraction of sp³-hybridized carbons (Fsp3) is 0.143. The third-order valence-electron chi connectivity index (χ3n) is 4.15. The maximum Gasteiger partial charge on any atom is 0.294 e. The van der Waals surface area contributed by atoms with Crippen molar-refractivity contribution in [3.8, 4) is 0 Å². The van der Waals surface area contributed by atoms with Gasteiger partial charge >= 0.3 is 0 Å². The number of nitrogens with zero attached hydrogens (tertiary/aromatic N) is 1. The summed E-state index contributed by atoms with van der Waals surface area (Å²) in [6.07, 6.45) is 0. The second-order valence-electron chi connectivity index (χ2n) is 6.30. The minimum Gasteiger partial charge on any atom is -0.363 e. The van der Waals surface area contributed by atoms with Crippen molar-refractivity contribution in [1.29, 1.82) is 0 Å². The summed E-state index contributed by atoms with van der Waals surface area (Å²) in [5, 5.41) is 0. The normalized spacial score (nSPS) is 11.3. The van der Waals surface area contributed by atoms with Crippen LogP contribution in [0.3, 0.4) is 0 Å². The summed E-state index contributed by atoms with van der Waals surface area (Å²) in [6.45, 7) is 3.27. The van der Waals surface area contributed by atoms with Gasteiger partial charge in [0.05, 0.1) is 4.90 Å². The first-order chi connectivity index (χ1) is 12.4. The molecule has 3 aromatic rings. The molecule has 0 spiro atoms. The SMILES string of the molecule is Cc1cccc(N(Cc2ccccc2)Cc2cccc(S(=O)(=O)O)c2)c1. The smallest absolute Gasteiger partial charge is 0.294 e. The second kappa shape index (κ2) is 7.72. The molecule has 26 heavy (non-hydrogen) atoms. The molecule has 0 saturated heterocycles.